The van der Waals surface area contributed by atoms with E-state index in [1.54, 1.807) is 0 Å². The zero-order valence-electron chi connectivity index (χ0n) is 11.6. The Morgan fingerprint density at radius 1 is 1.20 bits per heavy atom. The summed E-state index contributed by atoms with van der Waals surface area (Å²) in [5.74, 6) is 0.905. The lowest BCUT2D eigenvalue weighted by Gasteiger charge is -2.41. The van der Waals surface area contributed by atoms with E-state index in [-0.39, 0.29) is 17.9 Å². The lowest BCUT2D eigenvalue weighted by Crippen LogP contribution is -2.47. The third kappa shape index (κ3) is 2.58. The Morgan fingerprint density at radius 3 is 2.70 bits per heavy atom. The first kappa shape index (κ1) is 13.9. The van der Waals surface area contributed by atoms with Crippen molar-refractivity contribution >= 4 is 27.5 Å². The summed E-state index contributed by atoms with van der Waals surface area (Å²) in [5, 5.41) is 0.965. The third-order valence-electron chi connectivity index (χ3n) is 4.50. The first-order valence-corrected chi connectivity index (χ1v) is 8.44. The molecule has 3 rings (SSSR count). The average molecular weight is 338 g/mol. The Kier molecular flexibility index (Phi) is 4.01. The van der Waals surface area contributed by atoms with Gasteiger partial charge >= 0.3 is 0 Å². The fraction of sp³-hybridized carbons (Fsp3) is 0.562. The molecule has 0 unspecified atom stereocenters. The van der Waals surface area contributed by atoms with Crippen LogP contribution in [0.4, 0.5) is 5.69 Å². The Hall–Kier alpha value is -1.03. The van der Waals surface area contributed by atoms with Crippen LogP contribution < -0.4 is 9.64 Å². The van der Waals surface area contributed by atoms with E-state index in [2.05, 4.69) is 15.9 Å². The molecule has 0 bridgehead atoms. The Morgan fingerprint density at radius 2 is 1.95 bits per heavy atom. The molecule has 0 N–H and O–H groups in total. The Balaban J connectivity index is 1.87. The van der Waals surface area contributed by atoms with E-state index in [1.165, 1.54) is 32.1 Å². The van der Waals surface area contributed by atoms with Crippen LogP contribution in [0.15, 0.2) is 24.3 Å². The highest BCUT2D eigenvalue weighted by Crippen LogP contribution is 2.41. The molecule has 1 amide bonds. The van der Waals surface area contributed by atoms with Crippen LogP contribution in [0.2, 0.25) is 0 Å². The molecule has 108 valence electrons. The van der Waals surface area contributed by atoms with Gasteiger partial charge in [0.25, 0.3) is 5.91 Å². The van der Waals surface area contributed by atoms with Crippen LogP contribution in [-0.4, -0.2) is 24.4 Å². The molecule has 1 aromatic carbocycles. The summed E-state index contributed by atoms with van der Waals surface area (Å²) in [4.78, 5) is 14.2. The molecule has 0 aromatic heterocycles. The number of benzene rings is 1. The van der Waals surface area contributed by atoms with Crippen molar-refractivity contribution < 1.29 is 9.53 Å². The van der Waals surface area contributed by atoms with Gasteiger partial charge in [-0.3, -0.25) is 4.79 Å². The molecule has 3 nitrogen and oxygen atoms in total. The first-order valence-electron chi connectivity index (χ1n) is 7.32. The normalized spacial score (nSPS) is 21.2. The van der Waals surface area contributed by atoms with Gasteiger partial charge in [0.05, 0.1) is 5.69 Å². The van der Waals surface area contributed by atoms with Crippen molar-refractivity contribution in [2.24, 2.45) is 5.41 Å². The number of hydrogen-bond acceptors (Lipinski definition) is 2. The standard InChI is InChI=1S/C16H20BrNO2/c17-11-16(8-4-1-5-9-16)12-18-13-6-2-3-7-14(13)20-10-15(18)19/h2-3,6-7H,1,4-5,8-12H2. The van der Waals surface area contributed by atoms with Crippen LogP contribution in [0.3, 0.4) is 0 Å². The maximum Gasteiger partial charge on any atom is 0.265 e. The maximum atomic E-state index is 12.3. The number of amides is 1. The SMILES string of the molecule is O=C1COc2ccccc2N1CC1(CBr)CCCCC1. The third-order valence-corrected chi connectivity index (χ3v) is 5.69. The van der Waals surface area contributed by atoms with Crippen LogP contribution in [-0.2, 0) is 4.79 Å². The van der Waals surface area contributed by atoms with Crippen LogP contribution >= 0.6 is 15.9 Å². The number of fused-ring (bicyclic) bond motifs is 1. The minimum Gasteiger partial charge on any atom is -0.482 e. The van der Waals surface area contributed by atoms with E-state index >= 15 is 0 Å². The molecule has 1 aliphatic heterocycles. The minimum atomic E-state index is 0.0783. The lowest BCUT2D eigenvalue weighted by molar-refractivity contribution is -0.121. The molecule has 20 heavy (non-hydrogen) atoms. The highest BCUT2D eigenvalue weighted by atomic mass is 79.9. The minimum absolute atomic E-state index is 0.0783. The second-order valence-electron chi connectivity index (χ2n) is 5.93. The summed E-state index contributed by atoms with van der Waals surface area (Å²) in [5.41, 5.74) is 1.15. The maximum absolute atomic E-state index is 12.3. The van der Waals surface area contributed by atoms with Gasteiger partial charge in [0.1, 0.15) is 5.75 Å². The van der Waals surface area contributed by atoms with Crippen molar-refractivity contribution in [3.05, 3.63) is 24.3 Å². The van der Waals surface area contributed by atoms with Crippen molar-refractivity contribution in [3.8, 4) is 5.75 Å². The quantitative estimate of drug-likeness (QED) is 0.786. The van der Waals surface area contributed by atoms with Crippen molar-refractivity contribution in [2.75, 3.05) is 23.4 Å². The fourth-order valence-electron chi connectivity index (χ4n) is 3.30. The van der Waals surface area contributed by atoms with Crippen molar-refractivity contribution in [1.82, 2.24) is 0 Å². The topological polar surface area (TPSA) is 29.5 Å². The van der Waals surface area contributed by atoms with E-state index in [4.69, 9.17) is 4.74 Å². The van der Waals surface area contributed by atoms with Gasteiger partial charge in [-0.25, -0.2) is 0 Å². The number of para-hydroxylation sites is 2. The molecule has 0 saturated heterocycles. The number of nitrogens with zero attached hydrogens (tertiary/aromatic N) is 1. The number of anilines is 1. The van der Waals surface area contributed by atoms with Gasteiger partial charge in [0, 0.05) is 11.9 Å². The molecule has 1 fully saturated rings. The summed E-state index contributed by atoms with van der Waals surface area (Å²) in [6.45, 7) is 0.965. The molecule has 1 saturated carbocycles. The van der Waals surface area contributed by atoms with Gasteiger partial charge in [-0.05, 0) is 30.4 Å². The molecule has 0 radical (unpaired) electrons. The van der Waals surface area contributed by atoms with Crippen molar-refractivity contribution in [2.45, 2.75) is 32.1 Å². The summed E-state index contributed by atoms with van der Waals surface area (Å²) in [6, 6.07) is 7.84. The predicted octanol–water partition coefficient (Wildman–Crippen LogP) is 3.76. The molecule has 1 heterocycles. The fourth-order valence-corrected chi connectivity index (χ4v) is 4.04. The van der Waals surface area contributed by atoms with Gasteiger partial charge in [-0.1, -0.05) is 47.3 Å². The highest BCUT2D eigenvalue weighted by Gasteiger charge is 2.37. The molecular formula is C16H20BrNO2. The number of carbonyl (C=O) groups excluding carboxylic acids is 1. The van der Waals surface area contributed by atoms with Crippen LogP contribution in [0.1, 0.15) is 32.1 Å². The number of alkyl halides is 1. The van der Waals surface area contributed by atoms with E-state index < -0.39 is 0 Å². The molecule has 2 aliphatic rings. The largest absolute Gasteiger partial charge is 0.482 e. The number of ether oxygens (including phenoxy) is 1. The van der Waals surface area contributed by atoms with Gasteiger partial charge in [0.2, 0.25) is 0 Å². The molecule has 1 aliphatic carbocycles. The van der Waals surface area contributed by atoms with Gasteiger partial charge in [0.15, 0.2) is 6.61 Å². The number of halogens is 1. The second-order valence-corrected chi connectivity index (χ2v) is 6.49. The van der Waals surface area contributed by atoms with Gasteiger partial charge < -0.3 is 9.64 Å². The zero-order chi connectivity index (χ0) is 14.0. The van der Waals surface area contributed by atoms with Crippen molar-refractivity contribution in [3.63, 3.8) is 0 Å². The van der Waals surface area contributed by atoms with Crippen molar-refractivity contribution in [1.29, 1.82) is 0 Å². The average Bonchev–Trinajstić information content (AvgIpc) is 2.51. The molecule has 4 heteroatoms. The monoisotopic (exact) mass is 337 g/mol. The van der Waals surface area contributed by atoms with E-state index in [0.29, 0.717) is 0 Å². The lowest BCUT2D eigenvalue weighted by atomic mass is 9.75. The summed E-state index contributed by atoms with van der Waals surface area (Å²) < 4.78 is 5.52. The smallest absolute Gasteiger partial charge is 0.265 e. The second kappa shape index (κ2) is 5.76. The summed E-state index contributed by atoms with van der Waals surface area (Å²) in [6.07, 6.45) is 6.26. The van der Waals surface area contributed by atoms with E-state index in [1.807, 2.05) is 29.2 Å². The van der Waals surface area contributed by atoms with E-state index in [9.17, 15) is 4.79 Å². The van der Waals surface area contributed by atoms with E-state index in [0.717, 1.165) is 23.3 Å². The number of rotatable bonds is 3. The number of carbonyl (C=O) groups is 1. The van der Waals surface area contributed by atoms with Crippen LogP contribution in [0.25, 0.3) is 0 Å². The molecular weight excluding hydrogens is 318 g/mol. The summed E-state index contributed by atoms with van der Waals surface area (Å²) >= 11 is 3.69. The Labute approximate surface area is 128 Å². The highest BCUT2D eigenvalue weighted by molar-refractivity contribution is 9.09. The Bertz CT molecular complexity index is 497. The number of hydrogen-bond donors (Lipinski definition) is 0. The zero-order valence-corrected chi connectivity index (χ0v) is 13.2. The molecule has 0 atom stereocenters. The van der Waals surface area contributed by atoms with Crippen LogP contribution in [0.5, 0.6) is 5.75 Å². The van der Waals surface area contributed by atoms with Crippen LogP contribution in [0, 0.1) is 5.41 Å². The molecule has 0 spiro atoms. The predicted molar refractivity (Wildman–Crippen MR) is 83.6 cm³/mol. The molecule has 1 aromatic rings. The van der Waals surface area contributed by atoms with Gasteiger partial charge in [-0.2, -0.15) is 0 Å². The summed E-state index contributed by atoms with van der Waals surface area (Å²) in [7, 11) is 0. The van der Waals surface area contributed by atoms with Gasteiger partial charge in [-0.15, -0.1) is 0 Å². The first-order chi connectivity index (χ1) is 9.74.